The summed E-state index contributed by atoms with van der Waals surface area (Å²) in [6.07, 6.45) is 3.39. The molecule has 0 atom stereocenters. The molecule has 176 valence electrons. The number of nitrogens with zero attached hydrogens (tertiary/aromatic N) is 2. The number of fused-ring (bicyclic) bond motifs is 1. The van der Waals surface area contributed by atoms with Gasteiger partial charge in [0.2, 0.25) is 0 Å². The molecule has 1 aliphatic carbocycles. The Kier molecular flexibility index (Phi) is 6.01. The minimum absolute atomic E-state index is 0.110. The molecule has 2 aromatic carbocycles. The highest BCUT2D eigenvalue weighted by molar-refractivity contribution is 7.90. The molecule has 5 rings (SSSR count). The summed E-state index contributed by atoms with van der Waals surface area (Å²) in [5.41, 5.74) is 3.30. The second-order valence-electron chi connectivity index (χ2n) is 9.02. The molecule has 3 aliphatic rings. The molecule has 0 unspecified atom stereocenters. The Morgan fingerprint density at radius 2 is 1.82 bits per heavy atom. The van der Waals surface area contributed by atoms with Crippen LogP contribution in [0.4, 0.5) is 5.69 Å². The number of anilines is 1. The number of halogens is 1. The van der Waals surface area contributed by atoms with Gasteiger partial charge in [-0.15, -0.1) is 0 Å². The highest BCUT2D eigenvalue weighted by Gasteiger charge is 2.30. The molecule has 9 heteroatoms. The summed E-state index contributed by atoms with van der Waals surface area (Å²) in [5, 5.41) is 0.664. The van der Waals surface area contributed by atoms with Crippen LogP contribution in [0, 0.1) is 5.92 Å². The first-order chi connectivity index (χ1) is 15.8. The van der Waals surface area contributed by atoms with Crippen LogP contribution in [0.2, 0.25) is 5.02 Å². The number of sulfone groups is 1. The summed E-state index contributed by atoms with van der Waals surface area (Å²) >= 11 is 6.59. The molecule has 7 nitrogen and oxygen atoms in total. The maximum atomic E-state index is 13.5. The van der Waals surface area contributed by atoms with Crippen molar-refractivity contribution in [1.82, 2.24) is 4.90 Å². The van der Waals surface area contributed by atoms with Gasteiger partial charge >= 0.3 is 0 Å². The zero-order chi connectivity index (χ0) is 23.2. The SMILES string of the molecule is CS(=O)(=O)c1ccc(OCC2CC2)c(C(=O)N2Cc3cc(Cl)c(N4CCOCC4)cc3C2)c1. The summed E-state index contributed by atoms with van der Waals surface area (Å²) < 4.78 is 35.6. The van der Waals surface area contributed by atoms with E-state index in [1.54, 1.807) is 11.0 Å². The molecule has 0 bridgehead atoms. The van der Waals surface area contributed by atoms with Crippen molar-refractivity contribution in [2.24, 2.45) is 5.92 Å². The van der Waals surface area contributed by atoms with E-state index in [9.17, 15) is 13.2 Å². The highest BCUT2D eigenvalue weighted by atomic mass is 35.5. The third kappa shape index (κ3) is 4.83. The largest absolute Gasteiger partial charge is 0.492 e. The third-order valence-corrected chi connectivity index (χ3v) is 7.82. The molecule has 1 saturated carbocycles. The molecule has 1 amide bonds. The van der Waals surface area contributed by atoms with E-state index < -0.39 is 9.84 Å². The first-order valence-electron chi connectivity index (χ1n) is 11.2. The molecule has 33 heavy (non-hydrogen) atoms. The van der Waals surface area contributed by atoms with E-state index in [1.807, 2.05) is 6.07 Å². The van der Waals surface area contributed by atoms with Crippen LogP contribution in [-0.4, -0.2) is 58.4 Å². The topological polar surface area (TPSA) is 76.2 Å². The maximum Gasteiger partial charge on any atom is 0.258 e. The van der Waals surface area contributed by atoms with Crippen LogP contribution in [0.15, 0.2) is 35.2 Å². The smallest absolute Gasteiger partial charge is 0.258 e. The Morgan fingerprint density at radius 3 is 2.48 bits per heavy atom. The monoisotopic (exact) mass is 490 g/mol. The quantitative estimate of drug-likeness (QED) is 0.616. The zero-order valence-corrected chi connectivity index (χ0v) is 20.1. The predicted molar refractivity (Wildman–Crippen MR) is 126 cm³/mol. The molecular formula is C24H27ClN2O5S. The van der Waals surface area contributed by atoms with Crippen LogP contribution in [0.5, 0.6) is 5.75 Å². The van der Waals surface area contributed by atoms with Crippen LogP contribution in [0.1, 0.15) is 34.3 Å². The van der Waals surface area contributed by atoms with Crippen molar-refractivity contribution in [1.29, 1.82) is 0 Å². The number of carbonyl (C=O) groups excluding carboxylic acids is 1. The van der Waals surface area contributed by atoms with E-state index in [0.717, 1.165) is 49.0 Å². The predicted octanol–water partition coefficient (Wildman–Crippen LogP) is 3.52. The number of benzene rings is 2. The van der Waals surface area contributed by atoms with Gasteiger partial charge in [0, 0.05) is 32.4 Å². The van der Waals surface area contributed by atoms with Gasteiger partial charge in [-0.3, -0.25) is 4.79 Å². The molecule has 0 spiro atoms. The average molecular weight is 491 g/mol. The fourth-order valence-corrected chi connectivity index (χ4v) is 5.25. The van der Waals surface area contributed by atoms with Crippen molar-refractivity contribution in [3.8, 4) is 5.75 Å². The van der Waals surface area contributed by atoms with Crippen molar-refractivity contribution in [2.45, 2.75) is 30.8 Å². The number of hydrogen-bond acceptors (Lipinski definition) is 6. The second-order valence-corrected chi connectivity index (χ2v) is 11.4. The lowest BCUT2D eigenvalue weighted by molar-refractivity contribution is 0.0746. The van der Waals surface area contributed by atoms with Crippen LogP contribution < -0.4 is 9.64 Å². The van der Waals surface area contributed by atoms with E-state index in [-0.39, 0.29) is 16.4 Å². The fraction of sp³-hybridized carbons (Fsp3) is 0.458. The van der Waals surface area contributed by atoms with Gasteiger partial charge in [-0.2, -0.15) is 0 Å². The zero-order valence-electron chi connectivity index (χ0n) is 18.5. The minimum atomic E-state index is -3.45. The van der Waals surface area contributed by atoms with Gasteiger partial charge in [0.1, 0.15) is 5.75 Å². The molecule has 2 aromatic rings. The summed E-state index contributed by atoms with van der Waals surface area (Å²) in [4.78, 5) is 17.6. The van der Waals surface area contributed by atoms with Crippen molar-refractivity contribution >= 4 is 33.0 Å². The number of carbonyl (C=O) groups is 1. The van der Waals surface area contributed by atoms with Crippen LogP contribution in [0.3, 0.4) is 0 Å². The average Bonchev–Trinajstić information content (AvgIpc) is 3.54. The molecule has 0 aromatic heterocycles. The number of amides is 1. The summed E-state index contributed by atoms with van der Waals surface area (Å²) in [6.45, 7) is 4.28. The standard InChI is InChI=1S/C24H27ClN2O5S/c1-33(29,30)19-4-5-23(32-15-16-2-3-16)20(12-19)24(28)27-13-17-10-21(25)22(11-18(17)14-27)26-6-8-31-9-7-26/h4-5,10-12,16H,2-3,6-9,13-15H2,1H3. The Morgan fingerprint density at radius 1 is 1.12 bits per heavy atom. The van der Waals surface area contributed by atoms with E-state index in [4.69, 9.17) is 21.1 Å². The van der Waals surface area contributed by atoms with Gasteiger partial charge in [-0.1, -0.05) is 11.6 Å². The molecule has 1 saturated heterocycles. The second kappa shape index (κ2) is 8.81. The van der Waals surface area contributed by atoms with Gasteiger partial charge in [0.15, 0.2) is 9.84 Å². The molecule has 0 N–H and O–H groups in total. The van der Waals surface area contributed by atoms with Crippen LogP contribution in [-0.2, 0) is 27.7 Å². The molecule has 2 fully saturated rings. The van der Waals surface area contributed by atoms with Crippen molar-refractivity contribution in [2.75, 3.05) is 44.1 Å². The minimum Gasteiger partial charge on any atom is -0.492 e. The first-order valence-corrected chi connectivity index (χ1v) is 13.5. The molecule has 0 radical (unpaired) electrons. The fourth-order valence-electron chi connectivity index (χ4n) is 4.29. The molecule has 2 aliphatic heterocycles. The Balaban J connectivity index is 1.41. The lowest BCUT2D eigenvalue weighted by Gasteiger charge is -2.30. The molecule has 2 heterocycles. The summed E-state index contributed by atoms with van der Waals surface area (Å²) in [7, 11) is -3.45. The van der Waals surface area contributed by atoms with Gasteiger partial charge in [-0.25, -0.2) is 8.42 Å². The summed E-state index contributed by atoms with van der Waals surface area (Å²) in [6, 6.07) is 8.54. The first kappa shape index (κ1) is 22.5. The lowest BCUT2D eigenvalue weighted by Crippen LogP contribution is -2.36. The Bertz CT molecular complexity index is 1190. The Hall–Kier alpha value is -2.29. The van der Waals surface area contributed by atoms with Crippen LogP contribution in [0.25, 0.3) is 0 Å². The number of morpholine rings is 1. The Labute approximate surface area is 199 Å². The van der Waals surface area contributed by atoms with Crippen molar-refractivity contribution < 1.29 is 22.7 Å². The molecular weight excluding hydrogens is 464 g/mol. The third-order valence-electron chi connectivity index (χ3n) is 6.41. The van der Waals surface area contributed by atoms with Gasteiger partial charge in [-0.05, 0) is 60.2 Å². The summed E-state index contributed by atoms with van der Waals surface area (Å²) in [5.74, 6) is 0.702. The van der Waals surface area contributed by atoms with E-state index >= 15 is 0 Å². The number of ether oxygens (including phenoxy) is 2. The van der Waals surface area contributed by atoms with Crippen molar-refractivity contribution in [3.05, 3.63) is 52.0 Å². The van der Waals surface area contributed by atoms with E-state index in [0.29, 0.717) is 49.6 Å². The van der Waals surface area contributed by atoms with E-state index in [1.165, 1.54) is 12.1 Å². The van der Waals surface area contributed by atoms with Crippen LogP contribution >= 0.6 is 11.6 Å². The number of hydrogen-bond donors (Lipinski definition) is 0. The maximum absolute atomic E-state index is 13.5. The van der Waals surface area contributed by atoms with Gasteiger partial charge in [0.05, 0.1) is 41.0 Å². The van der Waals surface area contributed by atoms with Gasteiger partial charge in [0.25, 0.3) is 5.91 Å². The van der Waals surface area contributed by atoms with Crippen molar-refractivity contribution in [3.63, 3.8) is 0 Å². The normalized spacial score (nSPS) is 18.4. The van der Waals surface area contributed by atoms with E-state index in [2.05, 4.69) is 11.0 Å². The number of rotatable bonds is 6. The lowest BCUT2D eigenvalue weighted by atomic mass is 10.1. The van der Waals surface area contributed by atoms with Gasteiger partial charge < -0.3 is 19.3 Å². The highest BCUT2D eigenvalue weighted by Crippen LogP contribution is 2.36.